The number of carbonyl (C=O) groups is 4. The van der Waals surface area contributed by atoms with Crippen LogP contribution >= 0.6 is 0 Å². The van der Waals surface area contributed by atoms with E-state index in [-0.39, 0.29) is 30.2 Å². The second-order valence-electron chi connectivity index (χ2n) is 9.44. The Morgan fingerprint density at radius 3 is 2.15 bits per heavy atom. The van der Waals surface area contributed by atoms with Gasteiger partial charge in [-0.05, 0) is 55.7 Å². The van der Waals surface area contributed by atoms with E-state index in [0.29, 0.717) is 25.2 Å². The smallest absolute Gasteiger partial charge is 0.303 e. The molecule has 186 valence electrons. The lowest BCUT2D eigenvalue weighted by atomic mass is 9.89. The first-order chi connectivity index (χ1) is 16.4. The first kappa shape index (κ1) is 25.7. The van der Waals surface area contributed by atoms with Gasteiger partial charge in [0.25, 0.3) is 0 Å². The zero-order chi connectivity index (χ0) is 24.3. The number of nitrogens with one attached hydrogen (secondary N) is 2. The van der Waals surface area contributed by atoms with Gasteiger partial charge in [-0.2, -0.15) is 0 Å². The van der Waals surface area contributed by atoms with Crippen LogP contribution < -0.4 is 10.6 Å². The standard InChI is InChI=1S/C26H37N3O5/c30-23-14-13-22(26(34)28-23)27-21-11-9-19(10-12-21)20-15-17-29(18-16-20)24(31)7-5-3-1-2-4-6-8-25(32)33/h9-12,20,22,27H,1-8,13-18H2,(H,32,33)(H,28,30,34). The number of hydrogen-bond donors (Lipinski definition) is 3. The zero-order valence-electron chi connectivity index (χ0n) is 19.9. The third-order valence-electron chi connectivity index (χ3n) is 6.84. The largest absolute Gasteiger partial charge is 0.481 e. The van der Waals surface area contributed by atoms with Crippen LogP contribution in [0.5, 0.6) is 0 Å². The summed E-state index contributed by atoms with van der Waals surface area (Å²) >= 11 is 0. The molecule has 8 nitrogen and oxygen atoms in total. The van der Waals surface area contributed by atoms with Gasteiger partial charge in [-0.25, -0.2) is 0 Å². The lowest BCUT2D eigenvalue weighted by Gasteiger charge is -2.32. The van der Waals surface area contributed by atoms with E-state index in [1.54, 1.807) is 0 Å². The highest BCUT2D eigenvalue weighted by atomic mass is 16.4. The summed E-state index contributed by atoms with van der Waals surface area (Å²) < 4.78 is 0. The lowest BCUT2D eigenvalue weighted by Crippen LogP contribution is -2.47. The molecule has 2 fully saturated rings. The molecule has 0 aromatic heterocycles. The van der Waals surface area contributed by atoms with E-state index >= 15 is 0 Å². The molecule has 1 unspecified atom stereocenters. The van der Waals surface area contributed by atoms with E-state index in [9.17, 15) is 19.2 Å². The number of carboxylic acids is 1. The van der Waals surface area contributed by atoms with Crippen LogP contribution in [0.3, 0.4) is 0 Å². The third kappa shape index (κ3) is 8.15. The Hall–Kier alpha value is -2.90. The van der Waals surface area contributed by atoms with E-state index in [4.69, 9.17) is 5.11 Å². The first-order valence-electron chi connectivity index (χ1n) is 12.6. The minimum Gasteiger partial charge on any atom is -0.481 e. The average molecular weight is 472 g/mol. The maximum absolute atomic E-state index is 12.5. The molecule has 1 atom stereocenters. The molecule has 1 aromatic rings. The number of rotatable bonds is 12. The molecule has 0 radical (unpaired) electrons. The Morgan fingerprint density at radius 1 is 0.912 bits per heavy atom. The highest BCUT2D eigenvalue weighted by Gasteiger charge is 2.27. The van der Waals surface area contributed by atoms with Crippen molar-refractivity contribution in [3.8, 4) is 0 Å². The summed E-state index contributed by atoms with van der Waals surface area (Å²) in [6.07, 6.45) is 9.32. The van der Waals surface area contributed by atoms with Crippen molar-refractivity contribution < 1.29 is 24.3 Å². The van der Waals surface area contributed by atoms with Gasteiger partial charge in [0, 0.05) is 38.0 Å². The summed E-state index contributed by atoms with van der Waals surface area (Å²) in [6, 6.07) is 7.77. The number of aliphatic carboxylic acids is 1. The predicted molar refractivity (Wildman–Crippen MR) is 129 cm³/mol. The van der Waals surface area contributed by atoms with Gasteiger partial charge < -0.3 is 15.3 Å². The molecular weight excluding hydrogens is 434 g/mol. The average Bonchev–Trinajstić information content (AvgIpc) is 2.83. The molecule has 1 aromatic carbocycles. The zero-order valence-corrected chi connectivity index (χ0v) is 19.9. The summed E-state index contributed by atoms with van der Waals surface area (Å²) in [7, 11) is 0. The van der Waals surface area contributed by atoms with Gasteiger partial charge in [-0.1, -0.05) is 37.8 Å². The van der Waals surface area contributed by atoms with Gasteiger partial charge in [0.1, 0.15) is 6.04 Å². The monoisotopic (exact) mass is 471 g/mol. The second kappa shape index (κ2) is 13.1. The van der Waals surface area contributed by atoms with E-state index < -0.39 is 5.97 Å². The Balaban J connectivity index is 1.32. The Kier molecular flexibility index (Phi) is 9.91. The van der Waals surface area contributed by atoms with Crippen molar-refractivity contribution >= 4 is 29.4 Å². The molecule has 2 aliphatic heterocycles. The number of hydrogen-bond acceptors (Lipinski definition) is 5. The maximum Gasteiger partial charge on any atom is 0.303 e. The number of amides is 3. The van der Waals surface area contributed by atoms with Crippen LogP contribution in [0.25, 0.3) is 0 Å². The van der Waals surface area contributed by atoms with Crippen molar-refractivity contribution in [3.63, 3.8) is 0 Å². The van der Waals surface area contributed by atoms with E-state index in [2.05, 4.69) is 22.8 Å². The van der Waals surface area contributed by atoms with Crippen LogP contribution in [0, 0.1) is 0 Å². The molecule has 2 saturated heterocycles. The van der Waals surface area contributed by atoms with Crippen molar-refractivity contribution in [2.75, 3.05) is 18.4 Å². The number of imide groups is 1. The molecule has 0 bridgehead atoms. The van der Waals surface area contributed by atoms with Gasteiger partial charge in [0.2, 0.25) is 17.7 Å². The SMILES string of the molecule is O=C(O)CCCCCCCCC(=O)N1CCC(c2ccc(NC3CCC(=O)NC3=O)cc2)CC1. The normalized spacial score (nSPS) is 19.1. The molecule has 8 heteroatoms. The number of benzene rings is 1. The number of unbranched alkanes of at least 4 members (excludes halogenated alkanes) is 5. The maximum atomic E-state index is 12.5. The van der Waals surface area contributed by atoms with Crippen LogP contribution in [-0.4, -0.2) is 52.8 Å². The van der Waals surface area contributed by atoms with Gasteiger partial charge in [-0.3, -0.25) is 24.5 Å². The van der Waals surface area contributed by atoms with Gasteiger partial charge in [0.05, 0.1) is 0 Å². The van der Waals surface area contributed by atoms with Crippen LogP contribution in [-0.2, 0) is 19.2 Å². The highest BCUT2D eigenvalue weighted by Crippen LogP contribution is 2.29. The minimum absolute atomic E-state index is 0.215. The van der Waals surface area contributed by atoms with E-state index in [1.807, 2.05) is 17.0 Å². The molecule has 0 aliphatic carbocycles. The summed E-state index contributed by atoms with van der Waals surface area (Å²) in [5.74, 6) is -0.540. The van der Waals surface area contributed by atoms with Gasteiger partial charge >= 0.3 is 5.97 Å². The molecule has 3 rings (SSSR count). The van der Waals surface area contributed by atoms with E-state index in [0.717, 1.165) is 70.1 Å². The molecule has 0 spiro atoms. The number of likely N-dealkylation sites (tertiary alicyclic amines) is 1. The molecule has 2 aliphatic rings. The van der Waals surface area contributed by atoms with Crippen LogP contribution in [0.4, 0.5) is 5.69 Å². The number of carbonyl (C=O) groups excluding carboxylic acids is 3. The molecule has 3 N–H and O–H groups in total. The first-order valence-corrected chi connectivity index (χ1v) is 12.6. The lowest BCUT2D eigenvalue weighted by molar-refractivity contribution is -0.137. The number of nitrogens with zero attached hydrogens (tertiary/aromatic N) is 1. The third-order valence-corrected chi connectivity index (χ3v) is 6.84. The molecule has 0 saturated carbocycles. The van der Waals surface area contributed by atoms with Crippen molar-refractivity contribution in [2.45, 2.75) is 89.0 Å². The van der Waals surface area contributed by atoms with Crippen molar-refractivity contribution in [1.82, 2.24) is 10.2 Å². The second-order valence-corrected chi connectivity index (χ2v) is 9.44. The van der Waals surface area contributed by atoms with Crippen LogP contribution in [0.15, 0.2) is 24.3 Å². The topological polar surface area (TPSA) is 116 Å². The summed E-state index contributed by atoms with van der Waals surface area (Å²) in [5.41, 5.74) is 2.12. The Morgan fingerprint density at radius 2 is 1.53 bits per heavy atom. The van der Waals surface area contributed by atoms with Crippen molar-refractivity contribution in [2.24, 2.45) is 0 Å². The number of piperidine rings is 2. The highest BCUT2D eigenvalue weighted by molar-refractivity contribution is 6.01. The summed E-state index contributed by atoms with van der Waals surface area (Å²) in [5, 5.41) is 14.2. The number of carboxylic acid groups (broad SMARTS) is 1. The Labute approximate surface area is 201 Å². The molecule has 3 amide bonds. The molecule has 2 heterocycles. The van der Waals surface area contributed by atoms with Gasteiger partial charge in [-0.15, -0.1) is 0 Å². The van der Waals surface area contributed by atoms with Crippen molar-refractivity contribution in [3.05, 3.63) is 29.8 Å². The quantitative estimate of drug-likeness (QED) is 0.315. The number of anilines is 1. The van der Waals surface area contributed by atoms with E-state index in [1.165, 1.54) is 5.56 Å². The fraction of sp³-hybridized carbons (Fsp3) is 0.615. The van der Waals surface area contributed by atoms with Crippen LogP contribution in [0.1, 0.15) is 88.5 Å². The summed E-state index contributed by atoms with van der Waals surface area (Å²) in [4.78, 5) is 48.2. The van der Waals surface area contributed by atoms with Crippen LogP contribution in [0.2, 0.25) is 0 Å². The summed E-state index contributed by atoms with van der Waals surface area (Å²) in [6.45, 7) is 1.57. The fourth-order valence-electron chi connectivity index (χ4n) is 4.76. The fourth-order valence-corrected chi connectivity index (χ4v) is 4.76. The molecular formula is C26H37N3O5. The Bertz CT molecular complexity index is 846. The minimum atomic E-state index is -0.729. The van der Waals surface area contributed by atoms with Crippen molar-refractivity contribution in [1.29, 1.82) is 0 Å². The predicted octanol–water partition coefficient (Wildman–Crippen LogP) is 3.82. The van der Waals surface area contributed by atoms with Gasteiger partial charge in [0.15, 0.2) is 0 Å². The molecule has 34 heavy (non-hydrogen) atoms.